The second-order valence-corrected chi connectivity index (χ2v) is 8.75. The Balaban J connectivity index is 1.76. The van der Waals surface area contributed by atoms with Crippen molar-refractivity contribution in [1.29, 1.82) is 0 Å². The van der Waals surface area contributed by atoms with E-state index in [1.807, 2.05) is 0 Å². The number of nitro groups is 1. The first kappa shape index (κ1) is 32.2. The van der Waals surface area contributed by atoms with Crippen molar-refractivity contribution in [3.63, 3.8) is 0 Å². The second-order valence-electron chi connectivity index (χ2n) is 8.75. The number of hydrogen-bond donors (Lipinski definition) is 1. The lowest BCUT2D eigenvalue weighted by atomic mass is 10.1. The zero-order chi connectivity index (χ0) is 26.1. The number of nitrogens with zero attached hydrogens (tertiary/aromatic N) is 1. The molecule has 1 aromatic carbocycles. The largest absolute Gasteiger partial charge is 0.508 e. The zero-order valence-corrected chi connectivity index (χ0v) is 22.1. The smallest absolute Gasteiger partial charge is 0.270 e. The van der Waals surface area contributed by atoms with Gasteiger partial charge in [-0.1, -0.05) is 64.7 Å². The number of hydrogen-bond acceptors (Lipinski definition) is 8. The highest BCUT2D eigenvalue weighted by Gasteiger charge is 2.10. The first-order chi connectivity index (χ1) is 17.6. The standard InChI is InChI=1S/C27H47NO8/c1-2-3-4-5-6-7-8-9-10-11-14-32-15-16-33-17-18-34-19-20-35-21-22-36-24-25-23-26(28(30)31)12-13-27(25)29/h12-13,23,29H,2-11,14-22,24H2,1H3. The number of nitro benzene ring substituents is 1. The van der Waals surface area contributed by atoms with E-state index in [4.69, 9.17) is 23.7 Å². The molecule has 36 heavy (non-hydrogen) atoms. The van der Waals surface area contributed by atoms with Crippen molar-refractivity contribution < 1.29 is 33.7 Å². The number of ether oxygens (including phenoxy) is 5. The van der Waals surface area contributed by atoms with E-state index in [9.17, 15) is 15.2 Å². The molecule has 9 heteroatoms. The van der Waals surface area contributed by atoms with E-state index in [-0.39, 0.29) is 18.0 Å². The summed E-state index contributed by atoms with van der Waals surface area (Å²) in [5, 5.41) is 20.5. The highest BCUT2D eigenvalue weighted by atomic mass is 16.6. The van der Waals surface area contributed by atoms with Crippen LogP contribution in [-0.2, 0) is 30.3 Å². The fourth-order valence-corrected chi connectivity index (χ4v) is 3.55. The number of non-ortho nitro benzene ring substituents is 1. The van der Waals surface area contributed by atoms with Gasteiger partial charge in [0, 0.05) is 24.3 Å². The lowest BCUT2D eigenvalue weighted by molar-refractivity contribution is -0.385. The van der Waals surface area contributed by atoms with Crippen molar-refractivity contribution >= 4 is 5.69 Å². The Labute approximate surface area is 216 Å². The Morgan fingerprint density at radius 3 is 1.61 bits per heavy atom. The molecule has 0 aliphatic heterocycles. The van der Waals surface area contributed by atoms with Crippen LogP contribution >= 0.6 is 0 Å². The van der Waals surface area contributed by atoms with E-state index in [0.717, 1.165) is 13.0 Å². The maximum absolute atomic E-state index is 10.8. The molecular formula is C27H47NO8. The molecule has 9 nitrogen and oxygen atoms in total. The first-order valence-corrected chi connectivity index (χ1v) is 13.5. The summed E-state index contributed by atoms with van der Waals surface area (Å²) in [5.41, 5.74) is 0.289. The van der Waals surface area contributed by atoms with E-state index >= 15 is 0 Å². The third kappa shape index (κ3) is 18.5. The molecule has 0 aliphatic carbocycles. The van der Waals surface area contributed by atoms with Crippen LogP contribution in [0.15, 0.2) is 18.2 Å². The Kier molecular flexibility index (Phi) is 21.1. The summed E-state index contributed by atoms with van der Waals surface area (Å²) in [6, 6.07) is 3.85. The molecule has 0 atom stereocenters. The van der Waals surface area contributed by atoms with Gasteiger partial charge in [-0.05, 0) is 12.5 Å². The maximum Gasteiger partial charge on any atom is 0.270 e. The van der Waals surface area contributed by atoms with Crippen molar-refractivity contribution in [3.05, 3.63) is 33.9 Å². The van der Waals surface area contributed by atoms with E-state index in [1.165, 1.54) is 76.0 Å². The number of aromatic hydroxyl groups is 1. The van der Waals surface area contributed by atoms with Crippen molar-refractivity contribution in [3.8, 4) is 5.75 Å². The molecule has 1 aromatic rings. The van der Waals surface area contributed by atoms with Gasteiger partial charge in [-0.3, -0.25) is 10.1 Å². The second kappa shape index (κ2) is 23.6. The van der Waals surface area contributed by atoms with Crippen LogP contribution in [0.5, 0.6) is 5.75 Å². The van der Waals surface area contributed by atoms with Gasteiger partial charge in [-0.15, -0.1) is 0 Å². The average Bonchev–Trinajstić information content (AvgIpc) is 2.87. The molecule has 0 aliphatic rings. The van der Waals surface area contributed by atoms with Crippen LogP contribution in [0.2, 0.25) is 0 Å². The molecule has 0 aromatic heterocycles. The highest BCUT2D eigenvalue weighted by Crippen LogP contribution is 2.23. The minimum atomic E-state index is -0.509. The van der Waals surface area contributed by atoms with Crippen LogP contribution in [0.3, 0.4) is 0 Å². The van der Waals surface area contributed by atoms with Crippen LogP contribution in [0.25, 0.3) is 0 Å². The molecule has 0 saturated heterocycles. The third-order valence-electron chi connectivity index (χ3n) is 5.66. The first-order valence-electron chi connectivity index (χ1n) is 13.5. The van der Waals surface area contributed by atoms with Crippen LogP contribution < -0.4 is 0 Å². The van der Waals surface area contributed by atoms with Gasteiger partial charge < -0.3 is 28.8 Å². The summed E-state index contributed by atoms with van der Waals surface area (Å²) >= 11 is 0. The predicted octanol–water partition coefficient (Wildman–Crippen LogP) is 5.80. The molecule has 0 saturated carbocycles. The molecule has 0 fully saturated rings. The SMILES string of the molecule is CCCCCCCCCCCCOCCOCCOCCOCCOCc1cc([N+](=O)[O-])ccc1O. The summed E-state index contributed by atoms with van der Waals surface area (Å²) < 4.78 is 27.4. The van der Waals surface area contributed by atoms with Crippen LogP contribution in [0, 0.1) is 10.1 Å². The fraction of sp³-hybridized carbons (Fsp3) is 0.778. The van der Waals surface area contributed by atoms with Crippen LogP contribution in [0.4, 0.5) is 5.69 Å². The van der Waals surface area contributed by atoms with E-state index in [1.54, 1.807) is 0 Å². The molecule has 208 valence electrons. The number of benzene rings is 1. The van der Waals surface area contributed by atoms with Gasteiger partial charge in [0.05, 0.1) is 64.4 Å². The summed E-state index contributed by atoms with van der Waals surface area (Å²) in [7, 11) is 0. The lowest BCUT2D eigenvalue weighted by Crippen LogP contribution is -2.13. The molecule has 0 unspecified atom stereocenters. The Morgan fingerprint density at radius 1 is 0.667 bits per heavy atom. The van der Waals surface area contributed by atoms with Gasteiger partial charge >= 0.3 is 0 Å². The molecule has 0 spiro atoms. The molecule has 0 radical (unpaired) electrons. The third-order valence-corrected chi connectivity index (χ3v) is 5.66. The van der Waals surface area contributed by atoms with Crippen molar-refractivity contribution in [2.75, 3.05) is 59.5 Å². The fourth-order valence-electron chi connectivity index (χ4n) is 3.55. The Morgan fingerprint density at radius 2 is 1.11 bits per heavy atom. The lowest BCUT2D eigenvalue weighted by Gasteiger charge is -2.08. The Bertz CT molecular complexity index is 659. The average molecular weight is 514 g/mol. The van der Waals surface area contributed by atoms with E-state index in [2.05, 4.69) is 6.92 Å². The molecule has 0 bridgehead atoms. The van der Waals surface area contributed by atoms with Crippen LogP contribution in [0.1, 0.15) is 76.7 Å². The summed E-state index contributed by atoms with van der Waals surface area (Å²) in [5.74, 6) is -0.0298. The predicted molar refractivity (Wildman–Crippen MR) is 140 cm³/mol. The number of phenols is 1. The number of unbranched alkanes of at least 4 members (excludes halogenated alkanes) is 9. The van der Waals surface area contributed by atoms with Crippen molar-refractivity contribution in [2.45, 2.75) is 77.7 Å². The van der Waals surface area contributed by atoms with Gasteiger partial charge in [-0.2, -0.15) is 0 Å². The molecule has 0 heterocycles. The van der Waals surface area contributed by atoms with Gasteiger partial charge in [-0.25, -0.2) is 0 Å². The zero-order valence-electron chi connectivity index (χ0n) is 22.1. The Hall–Kier alpha value is -1.78. The minimum Gasteiger partial charge on any atom is -0.508 e. The summed E-state index contributed by atoms with van der Waals surface area (Å²) in [6.45, 7) is 6.95. The monoisotopic (exact) mass is 513 g/mol. The maximum atomic E-state index is 10.8. The summed E-state index contributed by atoms with van der Waals surface area (Å²) in [4.78, 5) is 10.3. The van der Waals surface area contributed by atoms with Gasteiger partial charge in [0.1, 0.15) is 5.75 Å². The number of phenolic OH excluding ortho intramolecular Hbond substituents is 1. The van der Waals surface area contributed by atoms with Crippen molar-refractivity contribution in [1.82, 2.24) is 0 Å². The van der Waals surface area contributed by atoms with E-state index < -0.39 is 4.92 Å². The molecular weight excluding hydrogens is 466 g/mol. The van der Waals surface area contributed by atoms with Gasteiger partial charge in [0.2, 0.25) is 0 Å². The molecule has 1 N–H and O–H groups in total. The van der Waals surface area contributed by atoms with Crippen LogP contribution in [-0.4, -0.2) is 69.5 Å². The van der Waals surface area contributed by atoms with Gasteiger partial charge in [0.25, 0.3) is 5.69 Å². The van der Waals surface area contributed by atoms with Gasteiger partial charge in [0.15, 0.2) is 0 Å². The highest BCUT2D eigenvalue weighted by molar-refractivity contribution is 5.42. The number of rotatable bonds is 26. The van der Waals surface area contributed by atoms with E-state index in [0.29, 0.717) is 58.4 Å². The quantitative estimate of drug-likeness (QED) is 0.0940. The summed E-state index contributed by atoms with van der Waals surface area (Å²) in [6.07, 6.45) is 13.3. The molecule has 0 amide bonds. The normalized spacial score (nSPS) is 11.2. The minimum absolute atomic E-state index is 0.0298. The topological polar surface area (TPSA) is 110 Å². The van der Waals surface area contributed by atoms with Crippen molar-refractivity contribution in [2.24, 2.45) is 0 Å². The molecule has 1 rings (SSSR count).